The minimum Gasteiger partial charge on any atom is -0.381 e. The summed E-state index contributed by atoms with van der Waals surface area (Å²) in [5.41, 5.74) is 1.34. The second kappa shape index (κ2) is 12.6. The summed E-state index contributed by atoms with van der Waals surface area (Å²) in [7, 11) is 3.98. The van der Waals surface area contributed by atoms with E-state index in [1.807, 2.05) is 7.05 Å². The maximum absolute atomic E-state index is 5.64. The highest BCUT2D eigenvalue weighted by Gasteiger charge is 2.34. The van der Waals surface area contributed by atoms with E-state index in [1.165, 1.54) is 18.4 Å². The first-order valence-electron chi connectivity index (χ1n) is 9.92. The van der Waals surface area contributed by atoms with Crippen molar-refractivity contribution in [2.75, 3.05) is 40.4 Å². The lowest BCUT2D eigenvalue weighted by Crippen LogP contribution is -2.58. The summed E-state index contributed by atoms with van der Waals surface area (Å²) < 4.78 is 5.64. The average molecular weight is 488 g/mol. The molecule has 154 valence electrons. The van der Waals surface area contributed by atoms with E-state index in [0.717, 1.165) is 45.1 Å². The lowest BCUT2D eigenvalue weighted by Gasteiger charge is -2.41. The van der Waals surface area contributed by atoms with Crippen LogP contribution in [0.5, 0.6) is 0 Å². The highest BCUT2D eigenvalue weighted by Crippen LogP contribution is 2.25. The average Bonchev–Trinajstić information content (AvgIpc) is 2.68. The second-order valence-corrected chi connectivity index (χ2v) is 7.35. The van der Waals surface area contributed by atoms with Crippen LogP contribution in [0.25, 0.3) is 0 Å². The molecule has 0 spiro atoms. The van der Waals surface area contributed by atoms with Crippen LogP contribution in [0.15, 0.2) is 35.3 Å². The van der Waals surface area contributed by atoms with E-state index < -0.39 is 0 Å². The molecule has 1 aliphatic rings. The molecule has 1 aromatic rings. The van der Waals surface area contributed by atoms with Crippen molar-refractivity contribution >= 4 is 29.9 Å². The van der Waals surface area contributed by atoms with Crippen molar-refractivity contribution < 1.29 is 4.74 Å². The normalized spacial score (nSPS) is 17.7. The van der Waals surface area contributed by atoms with Crippen molar-refractivity contribution in [3.05, 3.63) is 35.9 Å². The smallest absolute Gasteiger partial charge is 0.193 e. The molecule has 1 saturated heterocycles. The third kappa shape index (κ3) is 7.58. The summed E-state index contributed by atoms with van der Waals surface area (Å²) in [6.07, 6.45) is 4.39. The predicted octanol–water partition coefficient (Wildman–Crippen LogP) is 3.81. The lowest BCUT2D eigenvalue weighted by atomic mass is 9.88. The van der Waals surface area contributed by atoms with Gasteiger partial charge in [-0.1, -0.05) is 43.7 Å². The van der Waals surface area contributed by atoms with Crippen molar-refractivity contribution in [3.8, 4) is 0 Å². The number of hydrogen-bond donors (Lipinski definition) is 2. The van der Waals surface area contributed by atoms with Crippen LogP contribution in [0, 0.1) is 0 Å². The van der Waals surface area contributed by atoms with Crippen LogP contribution in [0.1, 0.15) is 51.1 Å². The molecule has 1 aromatic carbocycles. The number of guanidine groups is 1. The van der Waals surface area contributed by atoms with Gasteiger partial charge < -0.3 is 20.3 Å². The van der Waals surface area contributed by atoms with Crippen LogP contribution in [0.4, 0.5) is 0 Å². The van der Waals surface area contributed by atoms with Gasteiger partial charge in [-0.15, -0.1) is 24.0 Å². The summed E-state index contributed by atoms with van der Waals surface area (Å²) in [6.45, 7) is 7.96. The predicted molar refractivity (Wildman–Crippen MR) is 125 cm³/mol. The molecule has 0 aliphatic carbocycles. The Bertz CT molecular complexity index is 546. The van der Waals surface area contributed by atoms with Crippen molar-refractivity contribution in [3.63, 3.8) is 0 Å². The number of aliphatic imine (C=N–C) groups is 1. The number of halogens is 1. The zero-order valence-corrected chi connectivity index (χ0v) is 19.7. The van der Waals surface area contributed by atoms with Crippen LogP contribution in [-0.2, 0) is 4.74 Å². The largest absolute Gasteiger partial charge is 0.381 e. The van der Waals surface area contributed by atoms with E-state index in [1.54, 1.807) is 0 Å². The van der Waals surface area contributed by atoms with Gasteiger partial charge >= 0.3 is 0 Å². The van der Waals surface area contributed by atoms with Gasteiger partial charge in [0.1, 0.15) is 0 Å². The number of nitrogens with zero attached hydrogens (tertiary/aromatic N) is 2. The number of nitrogens with one attached hydrogen (secondary N) is 2. The van der Waals surface area contributed by atoms with Crippen molar-refractivity contribution in [1.82, 2.24) is 15.5 Å². The molecule has 1 aliphatic heterocycles. The Hall–Kier alpha value is -0.860. The standard InChI is InChI=1S/C21H36N4O.HI/c1-5-6-14-25(4)20(22-3)23-17-21(12-15-26-16-13-21)24-18(2)19-10-8-7-9-11-19;/h7-11,18,24H,5-6,12-17H2,1-4H3,(H,22,23);1H. The molecule has 1 atom stereocenters. The number of unbranched alkanes of at least 4 members (excludes halogenated alkanes) is 1. The molecule has 0 radical (unpaired) electrons. The van der Waals surface area contributed by atoms with E-state index >= 15 is 0 Å². The Morgan fingerprint density at radius 3 is 2.52 bits per heavy atom. The molecule has 1 fully saturated rings. The molecular weight excluding hydrogens is 451 g/mol. The minimum atomic E-state index is 0. The maximum Gasteiger partial charge on any atom is 0.193 e. The van der Waals surface area contributed by atoms with E-state index in [9.17, 15) is 0 Å². The van der Waals surface area contributed by atoms with Gasteiger partial charge in [0.25, 0.3) is 0 Å². The van der Waals surface area contributed by atoms with Gasteiger partial charge in [0.2, 0.25) is 0 Å². The molecule has 27 heavy (non-hydrogen) atoms. The Kier molecular flexibility index (Phi) is 11.3. The molecule has 1 heterocycles. The number of rotatable bonds is 8. The molecule has 5 nitrogen and oxygen atoms in total. The summed E-state index contributed by atoms with van der Waals surface area (Å²) in [4.78, 5) is 6.69. The van der Waals surface area contributed by atoms with Gasteiger partial charge in [-0.25, -0.2) is 0 Å². The highest BCUT2D eigenvalue weighted by atomic mass is 127. The zero-order chi connectivity index (χ0) is 18.8. The topological polar surface area (TPSA) is 48.9 Å². The van der Waals surface area contributed by atoms with Crippen LogP contribution in [-0.4, -0.2) is 56.8 Å². The maximum atomic E-state index is 5.64. The molecule has 0 aromatic heterocycles. The van der Waals surface area contributed by atoms with E-state index in [2.05, 4.69) is 71.8 Å². The Morgan fingerprint density at radius 2 is 1.93 bits per heavy atom. The summed E-state index contributed by atoms with van der Waals surface area (Å²) in [5.74, 6) is 0.971. The lowest BCUT2D eigenvalue weighted by molar-refractivity contribution is 0.0353. The second-order valence-electron chi connectivity index (χ2n) is 7.35. The number of ether oxygens (including phenoxy) is 1. The molecule has 0 saturated carbocycles. The SMILES string of the molecule is CCCCN(C)C(=NC)NCC1(NC(C)c2ccccc2)CCOCC1.I. The van der Waals surface area contributed by atoms with Crippen LogP contribution in [0.2, 0.25) is 0 Å². The number of hydrogen-bond acceptors (Lipinski definition) is 3. The molecule has 1 unspecified atom stereocenters. The van der Waals surface area contributed by atoms with Gasteiger partial charge in [-0.2, -0.15) is 0 Å². The van der Waals surface area contributed by atoms with Crippen LogP contribution in [0.3, 0.4) is 0 Å². The van der Waals surface area contributed by atoms with Crippen molar-refractivity contribution in [1.29, 1.82) is 0 Å². The quantitative estimate of drug-likeness (QED) is 0.332. The molecule has 6 heteroatoms. The molecule has 2 N–H and O–H groups in total. The fraction of sp³-hybridized carbons (Fsp3) is 0.667. The Labute approximate surface area is 182 Å². The molecular formula is C21H37IN4O. The van der Waals surface area contributed by atoms with Gasteiger partial charge in [0, 0.05) is 52.0 Å². The van der Waals surface area contributed by atoms with Crippen LogP contribution < -0.4 is 10.6 Å². The number of benzene rings is 1. The van der Waals surface area contributed by atoms with E-state index in [0.29, 0.717) is 6.04 Å². The van der Waals surface area contributed by atoms with Crippen LogP contribution >= 0.6 is 24.0 Å². The summed E-state index contributed by atoms with van der Waals surface area (Å²) in [5, 5.41) is 7.50. The first-order valence-corrected chi connectivity index (χ1v) is 9.92. The van der Waals surface area contributed by atoms with Gasteiger partial charge in [-0.05, 0) is 31.7 Å². The van der Waals surface area contributed by atoms with Gasteiger partial charge in [0.05, 0.1) is 0 Å². The first-order chi connectivity index (χ1) is 12.6. The first kappa shape index (κ1) is 24.2. The summed E-state index contributed by atoms with van der Waals surface area (Å²) in [6, 6.07) is 11.0. The highest BCUT2D eigenvalue weighted by molar-refractivity contribution is 14.0. The third-order valence-electron chi connectivity index (χ3n) is 5.28. The molecule has 0 amide bonds. The fourth-order valence-electron chi connectivity index (χ4n) is 3.55. The monoisotopic (exact) mass is 488 g/mol. The van der Waals surface area contributed by atoms with Gasteiger partial charge in [0.15, 0.2) is 5.96 Å². The fourth-order valence-corrected chi connectivity index (χ4v) is 3.55. The van der Waals surface area contributed by atoms with Gasteiger partial charge in [-0.3, -0.25) is 4.99 Å². The van der Waals surface area contributed by atoms with Crippen molar-refractivity contribution in [2.45, 2.75) is 51.1 Å². The Morgan fingerprint density at radius 1 is 1.26 bits per heavy atom. The minimum absolute atomic E-state index is 0. The zero-order valence-electron chi connectivity index (χ0n) is 17.3. The van der Waals surface area contributed by atoms with E-state index in [-0.39, 0.29) is 29.5 Å². The molecule has 2 rings (SSSR count). The van der Waals surface area contributed by atoms with E-state index in [4.69, 9.17) is 4.74 Å². The summed E-state index contributed by atoms with van der Waals surface area (Å²) >= 11 is 0. The van der Waals surface area contributed by atoms with Crippen molar-refractivity contribution in [2.24, 2.45) is 4.99 Å². The molecule has 0 bridgehead atoms. The third-order valence-corrected chi connectivity index (χ3v) is 5.28. The Balaban J connectivity index is 0.00000364.